The molecule has 0 spiro atoms. The zero-order valence-electron chi connectivity index (χ0n) is 21.8. The van der Waals surface area contributed by atoms with Gasteiger partial charge in [-0.1, -0.05) is 12.1 Å². The second-order valence-corrected chi connectivity index (χ2v) is 12.7. The molecule has 0 amide bonds. The summed E-state index contributed by atoms with van der Waals surface area (Å²) in [6, 6.07) is 12.4. The predicted molar refractivity (Wildman–Crippen MR) is 147 cm³/mol. The lowest BCUT2D eigenvalue weighted by Gasteiger charge is -2.33. The lowest BCUT2D eigenvalue weighted by Crippen LogP contribution is -2.43. The van der Waals surface area contributed by atoms with Crippen LogP contribution in [0.3, 0.4) is 0 Å². The minimum absolute atomic E-state index is 0.00952. The maximum atomic E-state index is 13.4. The second kappa shape index (κ2) is 11.3. The van der Waals surface area contributed by atoms with Crippen molar-refractivity contribution in [1.82, 2.24) is 9.97 Å². The van der Waals surface area contributed by atoms with Crippen molar-refractivity contribution >= 4 is 21.5 Å². The maximum absolute atomic E-state index is 13.4. The van der Waals surface area contributed by atoms with Gasteiger partial charge in [0.15, 0.2) is 9.84 Å². The number of anilines is 2. The first-order chi connectivity index (χ1) is 19.0. The first kappa shape index (κ1) is 28.3. The zero-order chi connectivity index (χ0) is 28.5. The van der Waals surface area contributed by atoms with Gasteiger partial charge in [-0.3, -0.25) is 0 Å². The Kier molecular flexibility index (Phi) is 8.03. The van der Waals surface area contributed by atoms with Crippen molar-refractivity contribution < 1.29 is 26.7 Å². The molecule has 5 rings (SSSR count). The summed E-state index contributed by atoms with van der Waals surface area (Å²) >= 11 is 0. The van der Waals surface area contributed by atoms with Crippen LogP contribution in [0.25, 0.3) is 11.1 Å². The average Bonchev–Trinajstić information content (AvgIpc) is 2.94. The molecular formula is C28H32F3N5O3S. The molecule has 2 aromatic heterocycles. The van der Waals surface area contributed by atoms with Crippen LogP contribution in [-0.4, -0.2) is 60.0 Å². The number of nitrogens with zero attached hydrogens (tertiary/aromatic N) is 3. The van der Waals surface area contributed by atoms with Gasteiger partial charge in [0.1, 0.15) is 11.6 Å². The number of hydrogen-bond acceptors (Lipinski definition) is 8. The molecule has 0 bridgehead atoms. The van der Waals surface area contributed by atoms with Crippen LogP contribution >= 0.6 is 0 Å². The van der Waals surface area contributed by atoms with Crippen LogP contribution in [0.1, 0.15) is 37.7 Å². The molecule has 1 aliphatic carbocycles. The summed E-state index contributed by atoms with van der Waals surface area (Å²) in [6.45, 7) is 1.69. The van der Waals surface area contributed by atoms with Crippen LogP contribution in [0.2, 0.25) is 0 Å². The van der Waals surface area contributed by atoms with Crippen molar-refractivity contribution in [1.29, 1.82) is 0 Å². The average molecular weight is 576 g/mol. The Morgan fingerprint density at radius 1 is 0.950 bits per heavy atom. The van der Waals surface area contributed by atoms with Gasteiger partial charge in [0.25, 0.3) is 0 Å². The fourth-order valence-corrected chi connectivity index (χ4v) is 7.12. The van der Waals surface area contributed by atoms with Crippen LogP contribution in [0.5, 0.6) is 0 Å². The van der Waals surface area contributed by atoms with E-state index >= 15 is 0 Å². The number of pyridine rings is 2. The molecule has 3 aromatic rings. The number of aliphatic hydroxyl groups excluding tert-OH is 1. The van der Waals surface area contributed by atoms with Gasteiger partial charge in [-0.15, -0.1) is 0 Å². The van der Waals surface area contributed by atoms with E-state index < -0.39 is 39.0 Å². The quantitative estimate of drug-likeness (QED) is 0.399. The Morgan fingerprint density at radius 2 is 1.68 bits per heavy atom. The molecule has 4 N–H and O–H groups in total. The lowest BCUT2D eigenvalue weighted by molar-refractivity contribution is -0.137. The fourth-order valence-electron chi connectivity index (χ4n) is 5.33. The van der Waals surface area contributed by atoms with Gasteiger partial charge in [0, 0.05) is 31.5 Å². The van der Waals surface area contributed by atoms with Gasteiger partial charge < -0.3 is 21.1 Å². The molecule has 3 atom stereocenters. The number of rotatable bonds is 6. The second-order valence-electron chi connectivity index (χ2n) is 10.5. The molecule has 40 heavy (non-hydrogen) atoms. The number of aliphatic hydroxyl groups is 1. The number of nitrogens with two attached hydrogens (primary N) is 1. The van der Waals surface area contributed by atoms with E-state index in [4.69, 9.17) is 5.73 Å². The highest BCUT2D eigenvalue weighted by atomic mass is 32.2. The number of nitrogens with one attached hydrogen (secondary N) is 1. The van der Waals surface area contributed by atoms with Gasteiger partial charge in [-0.25, -0.2) is 18.4 Å². The number of sulfone groups is 1. The third-order valence-electron chi connectivity index (χ3n) is 7.76. The molecule has 0 radical (unpaired) electrons. The Balaban J connectivity index is 1.22. The van der Waals surface area contributed by atoms with Gasteiger partial charge in [0.05, 0.1) is 27.9 Å². The molecule has 3 heterocycles. The standard InChI is InChI=1S/C28H32F3N5O3S/c29-28(30,31)20-3-8-26(34-17-20)35-24-7-6-23(16-25(24)37)40(38,39)22-4-1-18(2-5-22)19-9-12-33-27(15-19)36-13-10-21(32)11-14-36/h1-5,8-9,12,15,17,21,23-25,37H,6-7,10-11,13-14,16,32H2,(H,34,35)/t23?,24-,25+/m1/s1. The molecule has 12 heteroatoms. The minimum Gasteiger partial charge on any atom is -0.391 e. The van der Waals surface area contributed by atoms with Gasteiger partial charge >= 0.3 is 6.18 Å². The summed E-state index contributed by atoms with van der Waals surface area (Å²) in [5.74, 6) is 1.06. The summed E-state index contributed by atoms with van der Waals surface area (Å²) in [6.07, 6.45) is -0.554. The molecule has 1 aromatic carbocycles. The van der Waals surface area contributed by atoms with Crippen LogP contribution in [0.15, 0.2) is 65.8 Å². The van der Waals surface area contributed by atoms with Crippen molar-refractivity contribution in [3.8, 4) is 11.1 Å². The van der Waals surface area contributed by atoms with E-state index in [0.717, 1.165) is 55.1 Å². The summed E-state index contributed by atoms with van der Waals surface area (Å²) in [7, 11) is -3.70. The van der Waals surface area contributed by atoms with Crippen molar-refractivity contribution in [3.63, 3.8) is 0 Å². The summed E-state index contributed by atoms with van der Waals surface area (Å²) in [5.41, 5.74) is 6.95. The van der Waals surface area contributed by atoms with E-state index in [9.17, 15) is 26.7 Å². The Bertz CT molecular complexity index is 1410. The number of halogens is 3. The molecule has 1 unspecified atom stereocenters. The molecule has 8 nitrogen and oxygen atoms in total. The van der Waals surface area contributed by atoms with Gasteiger partial charge in [-0.2, -0.15) is 13.2 Å². The van der Waals surface area contributed by atoms with Crippen LogP contribution in [0.4, 0.5) is 24.8 Å². The normalized spacial score (nSPS) is 22.7. The maximum Gasteiger partial charge on any atom is 0.417 e. The lowest BCUT2D eigenvalue weighted by atomic mass is 9.92. The van der Waals surface area contributed by atoms with Crippen LogP contribution in [0, 0.1) is 0 Å². The highest BCUT2D eigenvalue weighted by Crippen LogP contribution is 2.33. The van der Waals surface area contributed by atoms with Crippen molar-refractivity contribution in [2.45, 2.75) is 66.6 Å². The van der Waals surface area contributed by atoms with Crippen molar-refractivity contribution in [3.05, 3.63) is 66.5 Å². The number of hydrogen-bond donors (Lipinski definition) is 3. The van der Waals surface area contributed by atoms with Crippen LogP contribution in [-0.2, 0) is 16.0 Å². The Labute approximate surface area is 231 Å². The van der Waals surface area contributed by atoms with Gasteiger partial charge in [-0.05, 0) is 79.6 Å². The first-order valence-corrected chi connectivity index (χ1v) is 14.8. The predicted octanol–water partition coefficient (Wildman–Crippen LogP) is 4.26. The number of piperidine rings is 1. The fraction of sp³-hybridized carbons (Fsp3) is 0.429. The van der Waals surface area contributed by atoms with E-state index in [1.165, 1.54) is 6.07 Å². The Morgan fingerprint density at radius 3 is 2.30 bits per heavy atom. The zero-order valence-corrected chi connectivity index (χ0v) is 22.6. The van der Waals surface area contributed by atoms with E-state index in [-0.39, 0.29) is 23.2 Å². The molecule has 2 fully saturated rings. The van der Waals surface area contributed by atoms with E-state index in [0.29, 0.717) is 12.8 Å². The third-order valence-corrected chi connectivity index (χ3v) is 9.99. The highest BCUT2D eigenvalue weighted by molar-refractivity contribution is 7.92. The van der Waals surface area contributed by atoms with E-state index in [1.54, 1.807) is 30.5 Å². The number of aromatic nitrogens is 2. The monoisotopic (exact) mass is 575 g/mol. The minimum atomic E-state index is -4.49. The molecule has 214 valence electrons. The third kappa shape index (κ3) is 6.24. The largest absolute Gasteiger partial charge is 0.417 e. The molecule has 1 saturated heterocycles. The summed E-state index contributed by atoms with van der Waals surface area (Å²) in [4.78, 5) is 10.7. The first-order valence-electron chi connectivity index (χ1n) is 13.3. The highest BCUT2D eigenvalue weighted by Gasteiger charge is 2.37. The number of alkyl halides is 3. The molecular weight excluding hydrogens is 543 g/mol. The number of benzene rings is 1. The summed E-state index contributed by atoms with van der Waals surface area (Å²) < 4.78 is 65.1. The molecule has 1 aliphatic heterocycles. The molecule has 2 aliphatic rings. The van der Waals surface area contributed by atoms with Crippen molar-refractivity contribution in [2.75, 3.05) is 23.3 Å². The van der Waals surface area contributed by atoms with Crippen molar-refractivity contribution in [2.24, 2.45) is 5.73 Å². The van der Waals surface area contributed by atoms with Gasteiger partial charge in [0.2, 0.25) is 0 Å². The molecule has 1 saturated carbocycles. The smallest absolute Gasteiger partial charge is 0.391 e. The SMILES string of the molecule is NC1CCN(c2cc(-c3ccc(S(=O)(=O)C4CC[C@@H](Nc5ccc(C(F)(F)F)cn5)[C@@H](O)C4)cc3)ccn2)CC1. The summed E-state index contributed by atoms with van der Waals surface area (Å²) in [5, 5.41) is 12.8. The Hall–Kier alpha value is -3.22. The van der Waals surface area contributed by atoms with E-state index in [1.807, 2.05) is 12.1 Å². The van der Waals surface area contributed by atoms with E-state index in [2.05, 4.69) is 20.2 Å². The van der Waals surface area contributed by atoms with Crippen LogP contribution < -0.4 is 16.0 Å². The topological polar surface area (TPSA) is 121 Å².